The van der Waals surface area contributed by atoms with E-state index in [-0.39, 0.29) is 11.9 Å². The van der Waals surface area contributed by atoms with Gasteiger partial charge in [0, 0.05) is 6.54 Å². The maximum absolute atomic E-state index is 12.1. The minimum Gasteiger partial charge on any atom is -0.481 e. The lowest BCUT2D eigenvalue weighted by atomic mass is 10.2. The smallest absolute Gasteiger partial charge is 0.258 e. The zero-order valence-corrected chi connectivity index (χ0v) is 9.61. The van der Waals surface area contributed by atoms with E-state index < -0.39 is 0 Å². The Labute approximate surface area is 96.6 Å². The number of hydrogen-bond donors (Lipinski definition) is 0. The highest BCUT2D eigenvalue weighted by molar-refractivity contribution is 7.18. The summed E-state index contributed by atoms with van der Waals surface area (Å²) in [5, 5.41) is 0.680. The monoisotopic (exact) mass is 243 g/mol. The molecule has 0 bridgehead atoms. The van der Waals surface area contributed by atoms with Crippen molar-refractivity contribution >= 4 is 28.8 Å². The van der Waals surface area contributed by atoms with Gasteiger partial charge in [-0.1, -0.05) is 22.9 Å². The maximum Gasteiger partial charge on any atom is 0.258 e. The number of amides is 1. The molecule has 1 aromatic rings. The van der Waals surface area contributed by atoms with Crippen LogP contribution >= 0.6 is 22.9 Å². The van der Waals surface area contributed by atoms with Crippen molar-refractivity contribution < 1.29 is 9.53 Å². The molecular weight excluding hydrogens is 234 g/mol. The van der Waals surface area contributed by atoms with Gasteiger partial charge >= 0.3 is 0 Å². The summed E-state index contributed by atoms with van der Waals surface area (Å²) in [6.07, 6.45) is 2.13. The van der Waals surface area contributed by atoms with Crippen molar-refractivity contribution in [2.75, 3.05) is 13.2 Å². The second kappa shape index (κ2) is 3.39. The highest BCUT2D eigenvalue weighted by Crippen LogP contribution is 2.38. The number of fused-ring (bicyclic) bond motifs is 2. The molecule has 15 heavy (non-hydrogen) atoms. The average Bonchev–Trinajstić information content (AvgIpc) is 2.77. The molecule has 3 heterocycles. The number of carbonyl (C=O) groups excluding carboxylic acids is 1. The van der Waals surface area contributed by atoms with Crippen LogP contribution in [-0.2, 0) is 0 Å². The third-order valence-corrected chi connectivity index (χ3v) is 4.12. The Hall–Kier alpha value is -0.740. The van der Waals surface area contributed by atoms with E-state index >= 15 is 0 Å². The third-order valence-electron chi connectivity index (χ3n) is 2.94. The second-order valence-corrected chi connectivity index (χ2v) is 5.50. The number of carbonyl (C=O) groups is 1. The summed E-state index contributed by atoms with van der Waals surface area (Å²) >= 11 is 7.22. The quantitative estimate of drug-likeness (QED) is 0.700. The van der Waals surface area contributed by atoms with E-state index in [0.717, 1.165) is 19.4 Å². The lowest BCUT2D eigenvalue weighted by Gasteiger charge is -2.20. The molecule has 0 aromatic carbocycles. The topological polar surface area (TPSA) is 29.5 Å². The van der Waals surface area contributed by atoms with Gasteiger partial charge in [0.2, 0.25) is 0 Å². The first-order valence-electron chi connectivity index (χ1n) is 4.99. The first-order valence-corrected chi connectivity index (χ1v) is 6.18. The number of ether oxygens (including phenoxy) is 1. The van der Waals surface area contributed by atoms with Gasteiger partial charge in [-0.2, -0.15) is 0 Å². The van der Waals surface area contributed by atoms with Crippen LogP contribution in [0.25, 0.3) is 0 Å². The molecule has 1 aromatic heterocycles. The molecule has 5 heteroatoms. The lowest BCUT2D eigenvalue weighted by molar-refractivity contribution is 0.0727. The lowest BCUT2D eigenvalue weighted by Crippen LogP contribution is -2.36. The Kier molecular flexibility index (Phi) is 2.14. The van der Waals surface area contributed by atoms with Gasteiger partial charge in [-0.05, 0) is 18.9 Å². The molecule has 2 aliphatic rings. The summed E-state index contributed by atoms with van der Waals surface area (Å²) in [6, 6.07) is 1.97. The molecule has 0 spiro atoms. The van der Waals surface area contributed by atoms with Crippen LogP contribution in [0.3, 0.4) is 0 Å². The standard InChI is InChI=1S/C10H10ClNO2S/c11-8-4-7-9(13)12-3-1-2-6(12)5-14-10(7)15-8/h4,6H,1-3,5H2/t6-/m0/s1. The van der Waals surface area contributed by atoms with Crippen LogP contribution in [0.2, 0.25) is 4.34 Å². The summed E-state index contributed by atoms with van der Waals surface area (Å²) < 4.78 is 6.24. The molecule has 1 amide bonds. The molecule has 0 saturated carbocycles. The second-order valence-electron chi connectivity index (χ2n) is 3.86. The molecule has 0 aliphatic carbocycles. The summed E-state index contributed by atoms with van der Waals surface area (Å²) in [5.74, 6) is 0.0770. The largest absolute Gasteiger partial charge is 0.481 e. The number of thiophene rings is 1. The van der Waals surface area contributed by atoms with E-state index in [2.05, 4.69) is 0 Å². The van der Waals surface area contributed by atoms with Gasteiger partial charge in [-0.25, -0.2) is 0 Å². The van der Waals surface area contributed by atoms with E-state index in [1.165, 1.54) is 11.3 Å². The van der Waals surface area contributed by atoms with Crippen LogP contribution in [0.4, 0.5) is 0 Å². The van der Waals surface area contributed by atoms with Gasteiger partial charge in [0.05, 0.1) is 15.9 Å². The first-order chi connectivity index (χ1) is 7.25. The van der Waals surface area contributed by atoms with Crippen LogP contribution in [-0.4, -0.2) is 30.0 Å². The van der Waals surface area contributed by atoms with E-state index in [0.29, 0.717) is 21.6 Å². The van der Waals surface area contributed by atoms with Gasteiger partial charge < -0.3 is 9.64 Å². The zero-order valence-electron chi connectivity index (χ0n) is 8.03. The van der Waals surface area contributed by atoms with Crippen molar-refractivity contribution in [3.8, 4) is 5.06 Å². The highest BCUT2D eigenvalue weighted by atomic mass is 35.5. The van der Waals surface area contributed by atoms with Gasteiger partial charge in [0.25, 0.3) is 5.91 Å². The molecule has 2 aliphatic heterocycles. The summed E-state index contributed by atoms with van der Waals surface area (Å²) in [6.45, 7) is 1.45. The van der Waals surface area contributed by atoms with Crippen LogP contribution in [0.5, 0.6) is 5.06 Å². The fourth-order valence-corrected chi connectivity index (χ4v) is 3.26. The molecule has 3 rings (SSSR count). The minimum absolute atomic E-state index is 0.0770. The number of rotatable bonds is 0. The van der Waals surface area contributed by atoms with E-state index in [1.54, 1.807) is 6.07 Å². The molecule has 1 saturated heterocycles. The SMILES string of the molecule is O=C1c2cc(Cl)sc2OC[C@@H]2CCCN12. The van der Waals surface area contributed by atoms with Gasteiger partial charge in [0.1, 0.15) is 6.61 Å². The van der Waals surface area contributed by atoms with Crippen molar-refractivity contribution in [2.45, 2.75) is 18.9 Å². The molecule has 0 radical (unpaired) electrons. The van der Waals surface area contributed by atoms with E-state index in [1.807, 2.05) is 4.90 Å². The minimum atomic E-state index is 0.0770. The predicted octanol–water partition coefficient (Wildman–Crippen LogP) is 2.40. The fraction of sp³-hybridized carbons (Fsp3) is 0.500. The van der Waals surface area contributed by atoms with Crippen molar-refractivity contribution in [1.82, 2.24) is 4.90 Å². The van der Waals surface area contributed by atoms with Gasteiger partial charge in [-0.3, -0.25) is 4.79 Å². The van der Waals surface area contributed by atoms with Crippen LogP contribution in [0, 0.1) is 0 Å². The van der Waals surface area contributed by atoms with Crippen molar-refractivity contribution in [1.29, 1.82) is 0 Å². The van der Waals surface area contributed by atoms with Crippen LogP contribution in [0.15, 0.2) is 6.07 Å². The summed E-state index contributed by atoms with van der Waals surface area (Å²) in [7, 11) is 0. The van der Waals surface area contributed by atoms with Crippen molar-refractivity contribution in [3.63, 3.8) is 0 Å². The van der Waals surface area contributed by atoms with Gasteiger partial charge in [0.15, 0.2) is 5.06 Å². The molecular formula is C10H10ClNO2S. The third kappa shape index (κ3) is 1.43. The Bertz CT molecular complexity index is 418. The van der Waals surface area contributed by atoms with Crippen LogP contribution < -0.4 is 4.74 Å². The van der Waals surface area contributed by atoms with Gasteiger partial charge in [-0.15, -0.1) is 0 Å². The number of nitrogens with zero attached hydrogens (tertiary/aromatic N) is 1. The Morgan fingerprint density at radius 2 is 2.47 bits per heavy atom. The highest BCUT2D eigenvalue weighted by Gasteiger charge is 2.35. The van der Waals surface area contributed by atoms with Crippen molar-refractivity contribution in [3.05, 3.63) is 16.0 Å². The van der Waals surface area contributed by atoms with E-state index in [9.17, 15) is 4.79 Å². The molecule has 0 N–H and O–H groups in total. The predicted molar refractivity (Wildman–Crippen MR) is 58.9 cm³/mol. The summed E-state index contributed by atoms with van der Waals surface area (Å²) in [4.78, 5) is 14.0. The molecule has 80 valence electrons. The normalized spacial score (nSPS) is 24.5. The first kappa shape index (κ1) is 9.48. The Morgan fingerprint density at radius 3 is 3.33 bits per heavy atom. The fourth-order valence-electron chi connectivity index (χ4n) is 2.20. The van der Waals surface area contributed by atoms with Crippen LogP contribution in [0.1, 0.15) is 23.2 Å². The molecule has 3 nitrogen and oxygen atoms in total. The Balaban J connectivity index is 2.03. The molecule has 0 unspecified atom stereocenters. The van der Waals surface area contributed by atoms with Crippen molar-refractivity contribution in [2.24, 2.45) is 0 Å². The summed E-state index contributed by atoms with van der Waals surface area (Å²) in [5.41, 5.74) is 0.634. The number of hydrogen-bond acceptors (Lipinski definition) is 3. The zero-order chi connectivity index (χ0) is 10.4. The maximum atomic E-state index is 12.1. The average molecular weight is 244 g/mol. The number of halogens is 1. The van der Waals surface area contributed by atoms with E-state index in [4.69, 9.17) is 16.3 Å². The molecule has 1 atom stereocenters. The molecule has 1 fully saturated rings. The Morgan fingerprint density at radius 1 is 1.60 bits per heavy atom.